The molecule has 0 saturated carbocycles. The fraction of sp³-hybridized carbons (Fsp3) is 0.235. The van der Waals surface area contributed by atoms with Crippen LogP contribution in [0.4, 0.5) is 11.5 Å². The van der Waals surface area contributed by atoms with Crippen molar-refractivity contribution in [2.45, 2.75) is 12.8 Å². The van der Waals surface area contributed by atoms with Crippen molar-refractivity contribution in [2.75, 3.05) is 24.3 Å². The van der Waals surface area contributed by atoms with Gasteiger partial charge in [0, 0.05) is 44.9 Å². The van der Waals surface area contributed by atoms with Crippen LogP contribution in [0.25, 0.3) is 11.4 Å². The van der Waals surface area contributed by atoms with Crippen LogP contribution >= 0.6 is 0 Å². The van der Waals surface area contributed by atoms with Gasteiger partial charge in [-0.2, -0.15) is 4.98 Å². The van der Waals surface area contributed by atoms with E-state index in [1.54, 1.807) is 24.7 Å². The van der Waals surface area contributed by atoms with Crippen LogP contribution < -0.4 is 10.2 Å². The van der Waals surface area contributed by atoms with Crippen LogP contribution in [0.5, 0.6) is 0 Å². The van der Waals surface area contributed by atoms with Gasteiger partial charge in [0.15, 0.2) is 0 Å². The molecule has 3 aromatic rings. The molecule has 8 nitrogen and oxygen atoms in total. The van der Waals surface area contributed by atoms with E-state index in [-0.39, 0.29) is 12.3 Å². The van der Waals surface area contributed by atoms with Crippen molar-refractivity contribution in [3.05, 3.63) is 48.7 Å². The first-order valence-corrected chi connectivity index (χ1v) is 7.78. The van der Waals surface area contributed by atoms with Crippen LogP contribution in [0.2, 0.25) is 0 Å². The molecule has 25 heavy (non-hydrogen) atoms. The number of nitrogens with zero attached hydrogens (tertiary/aromatic N) is 5. The van der Waals surface area contributed by atoms with Gasteiger partial charge in [-0.25, -0.2) is 4.98 Å². The molecule has 1 amide bonds. The van der Waals surface area contributed by atoms with E-state index in [0.29, 0.717) is 23.8 Å². The van der Waals surface area contributed by atoms with Crippen molar-refractivity contribution in [1.29, 1.82) is 0 Å². The minimum absolute atomic E-state index is 0.138. The summed E-state index contributed by atoms with van der Waals surface area (Å²) in [5.74, 6) is 1.56. The molecule has 0 atom stereocenters. The number of rotatable bonds is 6. The monoisotopic (exact) mass is 338 g/mol. The lowest BCUT2D eigenvalue weighted by atomic mass is 10.2. The third-order valence-corrected chi connectivity index (χ3v) is 3.44. The fourth-order valence-corrected chi connectivity index (χ4v) is 2.14. The van der Waals surface area contributed by atoms with E-state index in [9.17, 15) is 4.79 Å². The molecule has 0 radical (unpaired) electrons. The van der Waals surface area contributed by atoms with Crippen LogP contribution in [0.1, 0.15) is 12.3 Å². The molecular formula is C17H18N6O2. The van der Waals surface area contributed by atoms with Crippen LogP contribution in [-0.4, -0.2) is 40.1 Å². The van der Waals surface area contributed by atoms with E-state index in [1.807, 2.05) is 37.2 Å². The Morgan fingerprint density at radius 2 is 2.12 bits per heavy atom. The normalized spacial score (nSPS) is 10.5. The van der Waals surface area contributed by atoms with E-state index >= 15 is 0 Å². The Labute approximate surface area is 144 Å². The highest BCUT2D eigenvalue weighted by atomic mass is 16.5. The van der Waals surface area contributed by atoms with Gasteiger partial charge in [0.05, 0.1) is 11.9 Å². The lowest BCUT2D eigenvalue weighted by Crippen LogP contribution is -2.14. The molecule has 128 valence electrons. The second-order valence-electron chi connectivity index (χ2n) is 5.60. The summed E-state index contributed by atoms with van der Waals surface area (Å²) in [6, 6.07) is 7.30. The van der Waals surface area contributed by atoms with E-state index in [0.717, 1.165) is 11.4 Å². The molecule has 0 aromatic carbocycles. The van der Waals surface area contributed by atoms with Crippen LogP contribution in [-0.2, 0) is 11.2 Å². The minimum Gasteiger partial charge on any atom is -0.363 e. The van der Waals surface area contributed by atoms with Crippen molar-refractivity contribution >= 4 is 17.4 Å². The lowest BCUT2D eigenvalue weighted by Gasteiger charge is -2.11. The molecule has 3 heterocycles. The summed E-state index contributed by atoms with van der Waals surface area (Å²) in [5.41, 5.74) is 1.42. The zero-order valence-corrected chi connectivity index (χ0v) is 14.0. The van der Waals surface area contributed by atoms with Crippen molar-refractivity contribution in [3.63, 3.8) is 0 Å². The third kappa shape index (κ3) is 4.37. The molecular weight excluding hydrogens is 320 g/mol. The number of pyridine rings is 2. The number of hydrogen-bond acceptors (Lipinski definition) is 7. The molecule has 1 N–H and O–H groups in total. The molecule has 0 unspecified atom stereocenters. The molecule has 0 aliphatic carbocycles. The number of aromatic nitrogens is 4. The summed E-state index contributed by atoms with van der Waals surface area (Å²) < 4.78 is 5.17. The first-order valence-electron chi connectivity index (χ1n) is 7.78. The van der Waals surface area contributed by atoms with Gasteiger partial charge in [-0.05, 0) is 24.3 Å². The molecule has 0 fully saturated rings. The molecule has 0 saturated heterocycles. The number of carbonyl (C=O) groups is 1. The van der Waals surface area contributed by atoms with Gasteiger partial charge in [0.25, 0.3) is 0 Å². The van der Waals surface area contributed by atoms with Gasteiger partial charge in [0.1, 0.15) is 5.82 Å². The Balaban J connectivity index is 1.53. The van der Waals surface area contributed by atoms with Gasteiger partial charge in [-0.3, -0.25) is 9.78 Å². The fourth-order valence-electron chi connectivity index (χ4n) is 2.14. The summed E-state index contributed by atoms with van der Waals surface area (Å²) in [5, 5.41) is 6.70. The summed E-state index contributed by atoms with van der Waals surface area (Å²) in [7, 11) is 3.81. The summed E-state index contributed by atoms with van der Waals surface area (Å²) in [6.07, 6.45) is 5.56. The van der Waals surface area contributed by atoms with Gasteiger partial charge < -0.3 is 14.7 Å². The first kappa shape index (κ1) is 16.6. The van der Waals surface area contributed by atoms with E-state index in [2.05, 4.69) is 25.4 Å². The van der Waals surface area contributed by atoms with E-state index in [4.69, 9.17) is 4.52 Å². The number of aryl methyl sites for hydroxylation is 1. The molecule has 0 aliphatic rings. The predicted octanol–water partition coefficient (Wildman–Crippen LogP) is 2.16. The standard InChI is InChI=1S/C17H18N6O2/c1-23(2)14-6-5-13(11-19-14)20-15(24)7-8-16-21-17(22-25-16)12-4-3-9-18-10-12/h3-6,9-11H,7-8H2,1-2H3,(H,20,24). The molecule has 0 aliphatic heterocycles. The number of nitrogens with one attached hydrogen (secondary N) is 1. The smallest absolute Gasteiger partial charge is 0.227 e. The number of amides is 1. The molecule has 0 spiro atoms. The maximum Gasteiger partial charge on any atom is 0.227 e. The zero-order chi connectivity index (χ0) is 17.6. The summed E-state index contributed by atoms with van der Waals surface area (Å²) in [4.78, 5) is 26.5. The Morgan fingerprint density at radius 3 is 2.80 bits per heavy atom. The molecule has 3 aromatic heterocycles. The van der Waals surface area contributed by atoms with Crippen molar-refractivity contribution in [1.82, 2.24) is 20.1 Å². The quantitative estimate of drug-likeness (QED) is 0.735. The average Bonchev–Trinajstić information content (AvgIpc) is 3.10. The Hall–Kier alpha value is -3.29. The summed E-state index contributed by atoms with van der Waals surface area (Å²) in [6.45, 7) is 0. The van der Waals surface area contributed by atoms with Crippen molar-refractivity contribution < 1.29 is 9.32 Å². The Kier molecular flexibility index (Phi) is 4.98. The molecule has 0 bridgehead atoms. The highest BCUT2D eigenvalue weighted by Gasteiger charge is 2.11. The average molecular weight is 338 g/mol. The van der Waals surface area contributed by atoms with E-state index < -0.39 is 0 Å². The van der Waals surface area contributed by atoms with Crippen LogP contribution in [0, 0.1) is 0 Å². The second-order valence-corrected chi connectivity index (χ2v) is 5.60. The topological polar surface area (TPSA) is 97.0 Å². The predicted molar refractivity (Wildman–Crippen MR) is 93.0 cm³/mol. The van der Waals surface area contributed by atoms with Gasteiger partial charge >= 0.3 is 0 Å². The largest absolute Gasteiger partial charge is 0.363 e. The van der Waals surface area contributed by atoms with Crippen molar-refractivity contribution in [3.8, 4) is 11.4 Å². The van der Waals surface area contributed by atoms with Crippen LogP contribution in [0.15, 0.2) is 47.4 Å². The molecule has 3 rings (SSSR count). The number of carbonyl (C=O) groups excluding carboxylic acids is 1. The van der Waals surface area contributed by atoms with Gasteiger partial charge in [0.2, 0.25) is 17.6 Å². The van der Waals surface area contributed by atoms with Crippen molar-refractivity contribution in [2.24, 2.45) is 0 Å². The second kappa shape index (κ2) is 7.52. The lowest BCUT2D eigenvalue weighted by molar-refractivity contribution is -0.116. The summed E-state index contributed by atoms with van der Waals surface area (Å²) >= 11 is 0. The SMILES string of the molecule is CN(C)c1ccc(NC(=O)CCc2nc(-c3cccnc3)no2)cn1. The highest BCUT2D eigenvalue weighted by Crippen LogP contribution is 2.15. The highest BCUT2D eigenvalue weighted by molar-refractivity contribution is 5.90. The Bertz CT molecular complexity index is 830. The third-order valence-electron chi connectivity index (χ3n) is 3.44. The van der Waals surface area contributed by atoms with Crippen LogP contribution in [0.3, 0.4) is 0 Å². The first-order chi connectivity index (χ1) is 12.1. The van der Waals surface area contributed by atoms with Gasteiger partial charge in [-0.15, -0.1) is 0 Å². The van der Waals surface area contributed by atoms with E-state index in [1.165, 1.54) is 0 Å². The molecule has 8 heteroatoms. The number of anilines is 2. The minimum atomic E-state index is -0.138. The zero-order valence-electron chi connectivity index (χ0n) is 14.0. The Morgan fingerprint density at radius 1 is 1.24 bits per heavy atom. The number of hydrogen-bond donors (Lipinski definition) is 1. The maximum atomic E-state index is 12.0. The van der Waals surface area contributed by atoms with Gasteiger partial charge in [-0.1, -0.05) is 5.16 Å². The maximum absolute atomic E-state index is 12.0.